The van der Waals surface area contributed by atoms with Gasteiger partial charge in [0.1, 0.15) is 13.2 Å². The summed E-state index contributed by atoms with van der Waals surface area (Å²) >= 11 is 0. The molecule has 6 nitrogen and oxygen atoms in total. The van der Waals surface area contributed by atoms with E-state index < -0.39 is 11.9 Å². The van der Waals surface area contributed by atoms with Gasteiger partial charge in [-0.05, 0) is 79.4 Å². The van der Waals surface area contributed by atoms with Gasteiger partial charge in [0.2, 0.25) is 5.91 Å². The lowest BCUT2D eigenvalue weighted by Gasteiger charge is -2.56. The highest BCUT2D eigenvalue weighted by atomic mass is 16.5. The number of esters is 2. The SMILES string of the molecule is COC(=O)c1ccc(COC(=O)CNC(=O)CC23CC4CC(CC(C4)C2)C3)cc1. The molecule has 1 N–H and O–H groups in total. The summed E-state index contributed by atoms with van der Waals surface area (Å²) in [5.74, 6) is 1.53. The van der Waals surface area contributed by atoms with Crippen molar-refractivity contribution in [3.63, 3.8) is 0 Å². The van der Waals surface area contributed by atoms with Gasteiger partial charge in [-0.1, -0.05) is 12.1 Å². The van der Waals surface area contributed by atoms with Crippen molar-refractivity contribution < 1.29 is 23.9 Å². The van der Waals surface area contributed by atoms with E-state index in [0.717, 1.165) is 23.3 Å². The monoisotopic (exact) mass is 399 g/mol. The fraction of sp³-hybridized carbons (Fsp3) is 0.609. The average molecular weight is 399 g/mol. The van der Waals surface area contributed by atoms with E-state index in [4.69, 9.17) is 4.74 Å². The Labute approximate surface area is 171 Å². The van der Waals surface area contributed by atoms with E-state index in [2.05, 4.69) is 10.1 Å². The Kier molecular flexibility index (Phi) is 5.61. The second kappa shape index (κ2) is 8.17. The molecule has 4 bridgehead atoms. The van der Waals surface area contributed by atoms with E-state index in [1.807, 2.05) is 0 Å². The molecule has 1 aromatic carbocycles. The Morgan fingerprint density at radius 2 is 1.59 bits per heavy atom. The molecule has 4 fully saturated rings. The Balaban J connectivity index is 1.20. The smallest absolute Gasteiger partial charge is 0.337 e. The third-order valence-corrected chi connectivity index (χ3v) is 6.91. The third-order valence-electron chi connectivity index (χ3n) is 6.91. The molecular weight excluding hydrogens is 370 g/mol. The van der Waals surface area contributed by atoms with Gasteiger partial charge >= 0.3 is 11.9 Å². The lowest BCUT2D eigenvalue weighted by molar-refractivity contribution is -0.146. The van der Waals surface area contributed by atoms with Gasteiger partial charge in [0, 0.05) is 6.42 Å². The Bertz CT molecular complexity index is 750. The molecular formula is C23H29NO5. The summed E-state index contributed by atoms with van der Waals surface area (Å²) < 4.78 is 9.88. The first-order valence-corrected chi connectivity index (χ1v) is 10.5. The minimum atomic E-state index is -0.457. The number of rotatable bonds is 7. The van der Waals surface area contributed by atoms with Crippen LogP contribution in [0.5, 0.6) is 0 Å². The molecule has 0 spiro atoms. The van der Waals surface area contributed by atoms with Crippen molar-refractivity contribution in [1.29, 1.82) is 0 Å². The number of ether oxygens (including phenoxy) is 2. The largest absolute Gasteiger partial charge is 0.465 e. The van der Waals surface area contributed by atoms with Crippen molar-refractivity contribution in [3.05, 3.63) is 35.4 Å². The number of carbonyl (C=O) groups excluding carboxylic acids is 3. The second-order valence-corrected chi connectivity index (χ2v) is 9.22. The molecule has 0 heterocycles. The minimum absolute atomic E-state index is 0.0358. The van der Waals surface area contributed by atoms with Gasteiger partial charge in [-0.15, -0.1) is 0 Å². The molecule has 0 aliphatic heterocycles. The number of hydrogen-bond acceptors (Lipinski definition) is 5. The van der Waals surface area contributed by atoms with Crippen molar-refractivity contribution in [2.24, 2.45) is 23.2 Å². The first-order valence-electron chi connectivity index (χ1n) is 10.5. The summed E-state index contributed by atoms with van der Waals surface area (Å²) in [7, 11) is 1.33. The molecule has 1 aromatic rings. The fourth-order valence-corrected chi connectivity index (χ4v) is 6.15. The summed E-state index contributed by atoms with van der Waals surface area (Å²) in [5.41, 5.74) is 1.38. The van der Waals surface area contributed by atoms with Crippen LogP contribution in [0.25, 0.3) is 0 Å². The molecule has 0 saturated heterocycles. The van der Waals surface area contributed by atoms with Crippen LogP contribution in [0.1, 0.15) is 60.9 Å². The highest BCUT2D eigenvalue weighted by molar-refractivity contribution is 5.89. The lowest BCUT2D eigenvalue weighted by Crippen LogP contribution is -2.48. The molecule has 0 unspecified atom stereocenters. The molecule has 0 radical (unpaired) electrons. The first kappa shape index (κ1) is 19.9. The summed E-state index contributed by atoms with van der Waals surface area (Å²) in [6.45, 7) is -0.00340. The van der Waals surface area contributed by atoms with Crippen LogP contribution >= 0.6 is 0 Å². The summed E-state index contributed by atoms with van der Waals surface area (Å²) in [5, 5.41) is 2.75. The molecule has 6 heteroatoms. The van der Waals surface area contributed by atoms with Crippen LogP contribution < -0.4 is 5.32 Å². The maximum absolute atomic E-state index is 12.5. The van der Waals surface area contributed by atoms with Crippen molar-refractivity contribution in [2.75, 3.05) is 13.7 Å². The van der Waals surface area contributed by atoms with E-state index in [0.29, 0.717) is 12.0 Å². The van der Waals surface area contributed by atoms with Crippen LogP contribution in [0.15, 0.2) is 24.3 Å². The Hall–Kier alpha value is -2.37. The van der Waals surface area contributed by atoms with Gasteiger partial charge in [-0.2, -0.15) is 0 Å². The Morgan fingerprint density at radius 3 is 2.14 bits per heavy atom. The standard InChI is InChI=1S/C23H29NO5/c1-28-22(27)19-4-2-15(3-5-19)14-29-21(26)13-24-20(25)12-23-9-16-6-17(10-23)8-18(7-16)11-23/h2-5,16-18H,6-14H2,1H3,(H,24,25). The predicted molar refractivity (Wildman–Crippen MR) is 106 cm³/mol. The van der Waals surface area contributed by atoms with Crippen LogP contribution in [0.3, 0.4) is 0 Å². The molecule has 5 rings (SSSR count). The van der Waals surface area contributed by atoms with Gasteiger partial charge in [0.05, 0.1) is 12.7 Å². The molecule has 29 heavy (non-hydrogen) atoms. The highest BCUT2D eigenvalue weighted by Crippen LogP contribution is 2.61. The fourth-order valence-electron chi connectivity index (χ4n) is 6.15. The maximum Gasteiger partial charge on any atom is 0.337 e. The number of carbonyl (C=O) groups is 3. The molecule has 1 amide bonds. The van der Waals surface area contributed by atoms with Gasteiger partial charge in [0.25, 0.3) is 0 Å². The number of methoxy groups -OCH3 is 1. The zero-order chi connectivity index (χ0) is 20.4. The summed E-state index contributed by atoms with van der Waals surface area (Å²) in [6.07, 6.45) is 8.14. The molecule has 4 aliphatic rings. The molecule has 4 saturated carbocycles. The third kappa shape index (κ3) is 4.62. The summed E-state index contributed by atoms with van der Waals surface area (Å²) in [4.78, 5) is 35.9. The topological polar surface area (TPSA) is 81.7 Å². The number of hydrogen-bond donors (Lipinski definition) is 1. The lowest BCUT2D eigenvalue weighted by atomic mass is 9.49. The zero-order valence-electron chi connectivity index (χ0n) is 16.9. The van der Waals surface area contributed by atoms with E-state index in [1.54, 1.807) is 24.3 Å². The average Bonchev–Trinajstić information content (AvgIpc) is 2.69. The molecule has 0 atom stereocenters. The van der Waals surface area contributed by atoms with Crippen LogP contribution in [0.2, 0.25) is 0 Å². The van der Waals surface area contributed by atoms with Crippen LogP contribution in [-0.2, 0) is 25.7 Å². The molecule has 4 aliphatic carbocycles. The van der Waals surface area contributed by atoms with E-state index >= 15 is 0 Å². The van der Waals surface area contributed by atoms with E-state index in [-0.39, 0.29) is 24.5 Å². The quantitative estimate of drug-likeness (QED) is 0.712. The van der Waals surface area contributed by atoms with Gasteiger partial charge in [0.15, 0.2) is 0 Å². The van der Waals surface area contributed by atoms with Gasteiger partial charge in [-0.3, -0.25) is 9.59 Å². The minimum Gasteiger partial charge on any atom is -0.465 e. The predicted octanol–water partition coefficient (Wildman–Crippen LogP) is 3.24. The highest BCUT2D eigenvalue weighted by Gasteiger charge is 2.51. The molecule has 156 valence electrons. The summed E-state index contributed by atoms with van der Waals surface area (Å²) in [6, 6.07) is 6.68. The Morgan fingerprint density at radius 1 is 1.00 bits per heavy atom. The van der Waals surface area contributed by atoms with Crippen molar-refractivity contribution in [3.8, 4) is 0 Å². The van der Waals surface area contributed by atoms with Crippen molar-refractivity contribution in [2.45, 2.75) is 51.6 Å². The van der Waals surface area contributed by atoms with Crippen LogP contribution in [-0.4, -0.2) is 31.5 Å². The molecule has 0 aromatic heterocycles. The van der Waals surface area contributed by atoms with E-state index in [9.17, 15) is 14.4 Å². The first-order chi connectivity index (χ1) is 13.9. The zero-order valence-corrected chi connectivity index (χ0v) is 16.9. The second-order valence-electron chi connectivity index (χ2n) is 9.22. The van der Waals surface area contributed by atoms with E-state index in [1.165, 1.54) is 45.6 Å². The number of benzene rings is 1. The normalized spacial score (nSPS) is 29.3. The maximum atomic E-state index is 12.5. The van der Waals surface area contributed by atoms with Crippen molar-refractivity contribution in [1.82, 2.24) is 5.32 Å². The van der Waals surface area contributed by atoms with Gasteiger partial charge in [-0.25, -0.2) is 4.79 Å². The van der Waals surface area contributed by atoms with Crippen molar-refractivity contribution >= 4 is 17.8 Å². The van der Waals surface area contributed by atoms with Crippen LogP contribution in [0, 0.1) is 23.2 Å². The van der Waals surface area contributed by atoms with Crippen LogP contribution in [0.4, 0.5) is 0 Å². The van der Waals surface area contributed by atoms with Gasteiger partial charge < -0.3 is 14.8 Å². The number of nitrogens with one attached hydrogen (secondary N) is 1. The number of amides is 1.